The molecule has 154 valence electrons. The van der Waals surface area contributed by atoms with Gasteiger partial charge >= 0.3 is 0 Å². The number of rotatable bonds is 2. The number of aromatic amines is 1. The fourth-order valence-corrected chi connectivity index (χ4v) is 5.01. The van der Waals surface area contributed by atoms with Gasteiger partial charge < -0.3 is 4.42 Å². The average Bonchev–Trinajstić information content (AvgIpc) is 3.27. The quantitative estimate of drug-likeness (QED) is 0.259. The van der Waals surface area contributed by atoms with Crippen molar-refractivity contribution in [3.8, 4) is 22.4 Å². The van der Waals surface area contributed by atoms with Gasteiger partial charge in [0.15, 0.2) is 6.20 Å². The maximum Gasteiger partial charge on any atom is 0.218 e. The molecule has 2 heteroatoms. The molecule has 0 spiro atoms. The van der Waals surface area contributed by atoms with Crippen LogP contribution in [0.1, 0.15) is 0 Å². The number of fused-ring (bicyclic) bond motifs is 6. The van der Waals surface area contributed by atoms with E-state index in [9.17, 15) is 0 Å². The highest BCUT2D eigenvalue weighted by Crippen LogP contribution is 2.36. The Balaban J connectivity index is 1.37. The van der Waals surface area contributed by atoms with Gasteiger partial charge in [0, 0.05) is 33.4 Å². The third-order valence-corrected chi connectivity index (χ3v) is 6.61. The highest BCUT2D eigenvalue weighted by atomic mass is 16.3. The Morgan fingerprint density at radius 3 is 2.15 bits per heavy atom. The van der Waals surface area contributed by atoms with Crippen molar-refractivity contribution in [3.05, 3.63) is 115 Å². The third kappa shape index (κ3) is 2.78. The van der Waals surface area contributed by atoms with E-state index in [0.717, 1.165) is 44.3 Å². The first-order valence-corrected chi connectivity index (χ1v) is 11.2. The Bertz CT molecular complexity index is 1810. The minimum absolute atomic E-state index is 0.925. The van der Waals surface area contributed by atoms with Crippen LogP contribution in [0.4, 0.5) is 0 Å². The van der Waals surface area contributed by atoms with Crippen LogP contribution in [-0.4, -0.2) is 0 Å². The molecule has 33 heavy (non-hydrogen) atoms. The molecule has 7 rings (SSSR count). The zero-order valence-electron chi connectivity index (χ0n) is 17.9. The van der Waals surface area contributed by atoms with Crippen LogP contribution >= 0.6 is 0 Å². The van der Waals surface area contributed by atoms with Crippen LogP contribution in [0, 0.1) is 0 Å². The number of nitrogens with one attached hydrogen (secondary N) is 1. The van der Waals surface area contributed by atoms with E-state index >= 15 is 0 Å². The summed E-state index contributed by atoms with van der Waals surface area (Å²) in [5, 5.41) is 7.33. The van der Waals surface area contributed by atoms with Crippen LogP contribution in [-0.2, 0) is 0 Å². The van der Waals surface area contributed by atoms with Crippen molar-refractivity contribution >= 4 is 43.5 Å². The summed E-state index contributed by atoms with van der Waals surface area (Å²) < 4.78 is 6.25. The first-order valence-electron chi connectivity index (χ1n) is 11.2. The van der Waals surface area contributed by atoms with Crippen molar-refractivity contribution in [2.24, 2.45) is 0 Å². The number of hydrogen-bond donors (Lipinski definition) is 0. The van der Waals surface area contributed by atoms with E-state index in [2.05, 4.69) is 102 Å². The molecule has 5 aromatic carbocycles. The SMILES string of the molecule is c1ccc2c(c1)ccc1c(-c3ccc(-c4cccc5c4oc4ccccc45)cc3)[nH+]ccc12. The summed E-state index contributed by atoms with van der Waals surface area (Å²) in [6.45, 7) is 0. The predicted molar refractivity (Wildman–Crippen MR) is 136 cm³/mol. The van der Waals surface area contributed by atoms with Crippen LogP contribution in [0.15, 0.2) is 120 Å². The van der Waals surface area contributed by atoms with Crippen LogP contribution < -0.4 is 4.98 Å². The molecular weight excluding hydrogens is 402 g/mol. The van der Waals surface area contributed by atoms with E-state index in [0.29, 0.717) is 0 Å². The summed E-state index contributed by atoms with van der Waals surface area (Å²) in [5.74, 6) is 0. The molecule has 0 atom stereocenters. The third-order valence-electron chi connectivity index (χ3n) is 6.61. The van der Waals surface area contributed by atoms with Crippen LogP contribution in [0.25, 0.3) is 65.9 Å². The van der Waals surface area contributed by atoms with E-state index in [1.165, 1.54) is 21.5 Å². The predicted octanol–water partition coefficient (Wildman–Crippen LogP) is 8.04. The molecule has 2 nitrogen and oxygen atoms in total. The first kappa shape index (κ1) is 18.2. The van der Waals surface area contributed by atoms with Crippen molar-refractivity contribution in [1.82, 2.24) is 0 Å². The van der Waals surface area contributed by atoms with Crippen LogP contribution in [0.2, 0.25) is 0 Å². The Morgan fingerprint density at radius 1 is 0.485 bits per heavy atom. The normalized spacial score (nSPS) is 11.6. The molecule has 0 fully saturated rings. The van der Waals surface area contributed by atoms with Gasteiger partial charge in [-0.1, -0.05) is 78.9 Å². The van der Waals surface area contributed by atoms with Gasteiger partial charge in [-0.2, -0.15) is 0 Å². The van der Waals surface area contributed by atoms with Gasteiger partial charge in [-0.25, -0.2) is 4.98 Å². The molecule has 0 saturated heterocycles. The Kier molecular flexibility index (Phi) is 3.88. The Hall–Kier alpha value is -4.43. The highest BCUT2D eigenvalue weighted by molar-refractivity contribution is 6.11. The van der Waals surface area contributed by atoms with Crippen molar-refractivity contribution in [1.29, 1.82) is 0 Å². The molecular formula is C31H20NO+. The minimum atomic E-state index is 0.925. The lowest BCUT2D eigenvalue weighted by Crippen LogP contribution is -2.06. The fourth-order valence-electron chi connectivity index (χ4n) is 5.01. The molecule has 0 unspecified atom stereocenters. The number of H-pyrrole nitrogens is 1. The Labute approximate surface area is 190 Å². The molecule has 2 heterocycles. The number of hydrogen-bond acceptors (Lipinski definition) is 1. The standard InChI is InChI=1S/C31H19NO/c1-2-7-23-20(6-1)16-17-27-25(23)18-19-32-30(27)22-14-12-21(13-15-22)24-9-5-10-28-26-8-3-4-11-29(26)33-31(24)28/h1-19H/p+1. The topological polar surface area (TPSA) is 27.3 Å². The molecule has 0 saturated carbocycles. The summed E-state index contributed by atoms with van der Waals surface area (Å²) in [6.07, 6.45) is 2.03. The lowest BCUT2D eigenvalue weighted by molar-refractivity contribution is -0.362. The number of pyridine rings is 1. The second-order valence-electron chi connectivity index (χ2n) is 8.46. The molecule has 1 N–H and O–H groups in total. The number of aromatic nitrogens is 1. The number of furan rings is 1. The molecule has 0 aliphatic carbocycles. The summed E-state index contributed by atoms with van der Waals surface area (Å²) in [5.41, 5.74) is 6.42. The van der Waals surface area contributed by atoms with Gasteiger partial charge in [-0.05, 0) is 40.6 Å². The smallest absolute Gasteiger partial charge is 0.218 e. The van der Waals surface area contributed by atoms with Gasteiger partial charge in [0.25, 0.3) is 0 Å². The zero-order chi connectivity index (χ0) is 21.8. The largest absolute Gasteiger partial charge is 0.455 e. The van der Waals surface area contributed by atoms with Crippen LogP contribution in [0.5, 0.6) is 0 Å². The maximum absolute atomic E-state index is 6.25. The van der Waals surface area contributed by atoms with Crippen molar-refractivity contribution in [3.63, 3.8) is 0 Å². The van der Waals surface area contributed by atoms with Crippen molar-refractivity contribution < 1.29 is 9.40 Å². The average molecular weight is 423 g/mol. The molecule has 0 radical (unpaired) electrons. The monoisotopic (exact) mass is 422 g/mol. The maximum atomic E-state index is 6.25. The molecule has 0 amide bonds. The highest BCUT2D eigenvalue weighted by Gasteiger charge is 2.15. The first-order chi connectivity index (χ1) is 16.4. The molecule has 0 aliphatic heterocycles. The Morgan fingerprint density at radius 2 is 1.24 bits per heavy atom. The fraction of sp³-hybridized carbons (Fsp3) is 0. The zero-order valence-corrected chi connectivity index (χ0v) is 17.9. The van der Waals surface area contributed by atoms with E-state index in [4.69, 9.17) is 4.42 Å². The molecule has 2 aromatic heterocycles. The molecule has 0 aliphatic rings. The van der Waals surface area contributed by atoms with Gasteiger partial charge in [0.1, 0.15) is 11.2 Å². The summed E-state index contributed by atoms with van der Waals surface area (Å²) >= 11 is 0. The van der Waals surface area contributed by atoms with Crippen molar-refractivity contribution in [2.75, 3.05) is 0 Å². The van der Waals surface area contributed by atoms with E-state index < -0.39 is 0 Å². The summed E-state index contributed by atoms with van der Waals surface area (Å²) in [7, 11) is 0. The van der Waals surface area contributed by atoms with E-state index in [1.54, 1.807) is 0 Å². The lowest BCUT2D eigenvalue weighted by atomic mass is 9.97. The lowest BCUT2D eigenvalue weighted by Gasteiger charge is -2.07. The second kappa shape index (κ2) is 7.04. The van der Waals surface area contributed by atoms with Gasteiger partial charge in [0.2, 0.25) is 5.69 Å². The van der Waals surface area contributed by atoms with Gasteiger partial charge in [-0.15, -0.1) is 0 Å². The summed E-state index contributed by atoms with van der Waals surface area (Å²) in [6, 6.07) is 38.5. The van der Waals surface area contributed by atoms with Crippen molar-refractivity contribution in [2.45, 2.75) is 0 Å². The van der Waals surface area contributed by atoms with E-state index in [1.807, 2.05) is 18.3 Å². The molecule has 0 bridgehead atoms. The number of para-hydroxylation sites is 2. The van der Waals surface area contributed by atoms with Gasteiger partial charge in [-0.3, -0.25) is 0 Å². The minimum Gasteiger partial charge on any atom is -0.455 e. The number of benzene rings is 5. The summed E-state index contributed by atoms with van der Waals surface area (Å²) in [4.78, 5) is 3.48. The van der Waals surface area contributed by atoms with Crippen LogP contribution in [0.3, 0.4) is 0 Å². The second-order valence-corrected chi connectivity index (χ2v) is 8.46. The van der Waals surface area contributed by atoms with E-state index in [-0.39, 0.29) is 0 Å². The van der Waals surface area contributed by atoms with Gasteiger partial charge in [0.05, 0.1) is 5.39 Å². The molecule has 7 aromatic rings.